The summed E-state index contributed by atoms with van der Waals surface area (Å²) < 4.78 is 21.7. The smallest absolute Gasteiger partial charge is 0.345 e. The average molecular weight is 496 g/mol. The third-order valence-corrected chi connectivity index (χ3v) is 6.05. The Bertz CT molecular complexity index is 1200. The van der Waals surface area contributed by atoms with Gasteiger partial charge in [0, 0.05) is 11.5 Å². The van der Waals surface area contributed by atoms with Crippen molar-refractivity contribution in [1.29, 1.82) is 0 Å². The fourth-order valence-corrected chi connectivity index (χ4v) is 3.92. The van der Waals surface area contributed by atoms with Crippen LogP contribution in [0.1, 0.15) is 64.4 Å². The molecule has 0 radical (unpaired) electrons. The average Bonchev–Trinajstić information content (AvgIpc) is 2.86. The van der Waals surface area contributed by atoms with Crippen molar-refractivity contribution >= 4 is 17.1 Å². The Morgan fingerprint density at radius 3 is 2.28 bits per heavy atom. The van der Waals surface area contributed by atoms with Crippen LogP contribution in [0.2, 0.25) is 0 Å². The van der Waals surface area contributed by atoms with Gasteiger partial charge in [0.25, 0.3) is 0 Å². The van der Waals surface area contributed by atoms with Gasteiger partial charge in [0.1, 0.15) is 5.75 Å². The number of aromatic nitrogens is 1. The quantitative estimate of drug-likeness (QED) is 0.187. The van der Waals surface area contributed by atoms with Gasteiger partial charge < -0.3 is 18.6 Å². The number of hydrogen-bond acceptors (Lipinski definition) is 7. The number of pyridine rings is 1. The van der Waals surface area contributed by atoms with Crippen molar-refractivity contribution in [2.45, 2.75) is 65.7 Å². The normalized spacial score (nSPS) is 11.1. The van der Waals surface area contributed by atoms with Crippen molar-refractivity contribution in [3.05, 3.63) is 52.4 Å². The maximum atomic E-state index is 12.7. The minimum absolute atomic E-state index is 0.0575. The maximum absolute atomic E-state index is 12.7. The van der Waals surface area contributed by atoms with Crippen LogP contribution < -0.4 is 15.1 Å². The molecule has 0 aliphatic rings. The Hall–Kier alpha value is -3.35. The van der Waals surface area contributed by atoms with Crippen molar-refractivity contribution in [2.75, 3.05) is 20.3 Å². The lowest BCUT2D eigenvalue weighted by Crippen LogP contribution is -2.12. The monoisotopic (exact) mass is 495 g/mol. The van der Waals surface area contributed by atoms with Crippen LogP contribution in [0.25, 0.3) is 22.2 Å². The summed E-state index contributed by atoms with van der Waals surface area (Å²) in [4.78, 5) is 28.4. The van der Waals surface area contributed by atoms with E-state index in [0.29, 0.717) is 24.7 Å². The zero-order valence-corrected chi connectivity index (χ0v) is 21.8. The van der Waals surface area contributed by atoms with Gasteiger partial charge in [0.05, 0.1) is 31.8 Å². The van der Waals surface area contributed by atoms with E-state index in [2.05, 4.69) is 4.98 Å². The van der Waals surface area contributed by atoms with E-state index >= 15 is 0 Å². The number of carbonyl (C=O) groups is 1. The Morgan fingerprint density at radius 2 is 1.61 bits per heavy atom. The van der Waals surface area contributed by atoms with Crippen molar-refractivity contribution in [3.63, 3.8) is 0 Å². The third-order valence-electron chi connectivity index (χ3n) is 6.05. The van der Waals surface area contributed by atoms with Crippen LogP contribution in [-0.4, -0.2) is 31.3 Å². The Kier molecular flexibility index (Phi) is 10.3. The van der Waals surface area contributed by atoms with Gasteiger partial charge in [-0.2, -0.15) is 4.98 Å². The molecule has 36 heavy (non-hydrogen) atoms. The third kappa shape index (κ3) is 7.83. The van der Waals surface area contributed by atoms with E-state index in [4.69, 9.17) is 18.6 Å². The molecule has 0 bridgehead atoms. The molecule has 194 valence electrons. The van der Waals surface area contributed by atoms with Gasteiger partial charge in [0.2, 0.25) is 11.6 Å². The number of methoxy groups -OCH3 is 1. The van der Waals surface area contributed by atoms with Gasteiger partial charge in [-0.25, -0.2) is 4.79 Å². The number of esters is 1. The molecule has 2 heterocycles. The molecule has 0 aliphatic carbocycles. The molecule has 0 atom stereocenters. The van der Waals surface area contributed by atoms with Gasteiger partial charge in [0.15, 0.2) is 0 Å². The zero-order valence-electron chi connectivity index (χ0n) is 21.8. The fraction of sp³-hybridized carbons (Fsp3) is 0.483. The van der Waals surface area contributed by atoms with Gasteiger partial charge in [-0.1, -0.05) is 52.0 Å². The van der Waals surface area contributed by atoms with E-state index in [1.165, 1.54) is 0 Å². The number of ether oxygens (including phenoxy) is 3. The highest BCUT2D eigenvalue weighted by atomic mass is 16.5. The predicted molar refractivity (Wildman–Crippen MR) is 141 cm³/mol. The summed E-state index contributed by atoms with van der Waals surface area (Å²) >= 11 is 0. The molecule has 3 aromatic rings. The van der Waals surface area contributed by atoms with E-state index in [0.717, 1.165) is 67.2 Å². The van der Waals surface area contributed by atoms with Crippen LogP contribution in [0.3, 0.4) is 0 Å². The summed E-state index contributed by atoms with van der Waals surface area (Å²) in [6, 6.07) is 11.1. The minimum Gasteiger partial charge on any atom is -0.497 e. The molecule has 0 amide bonds. The molecule has 1 aromatic carbocycles. The first-order chi connectivity index (χ1) is 17.4. The molecule has 7 heteroatoms. The second kappa shape index (κ2) is 13.7. The first-order valence-corrected chi connectivity index (χ1v) is 12.8. The fourth-order valence-electron chi connectivity index (χ4n) is 3.92. The van der Waals surface area contributed by atoms with E-state index in [1.54, 1.807) is 19.2 Å². The molecule has 0 N–H and O–H groups in total. The highest BCUT2D eigenvalue weighted by Gasteiger charge is 2.12. The molecular formula is C29H37NO6. The standard InChI is InChI=1S/C29H37NO6/c1-20(2)28(31)35-17-11-9-7-5-6-8-10-16-34-26-15-12-22-19-25(29(32)36-27(22)30-26)24-14-13-23(33-4)18-21(24)3/h12-15,18-20H,5-11,16-17H2,1-4H3. The van der Waals surface area contributed by atoms with Crippen molar-refractivity contribution in [3.8, 4) is 22.8 Å². The number of nitrogens with zero attached hydrogens (tertiary/aromatic N) is 1. The SMILES string of the molecule is COc1ccc(-c2cc3ccc(OCCCCCCCCCOC(=O)C(C)C)nc3oc2=O)c(C)c1. The summed E-state index contributed by atoms with van der Waals surface area (Å²) in [5.41, 5.74) is 2.07. The molecular weight excluding hydrogens is 458 g/mol. The van der Waals surface area contributed by atoms with Crippen molar-refractivity contribution in [1.82, 2.24) is 4.98 Å². The first kappa shape index (κ1) is 27.2. The Labute approximate surface area is 212 Å². The summed E-state index contributed by atoms with van der Waals surface area (Å²) in [7, 11) is 1.61. The second-order valence-corrected chi connectivity index (χ2v) is 9.32. The second-order valence-electron chi connectivity index (χ2n) is 9.32. The van der Waals surface area contributed by atoms with Crippen LogP contribution in [0.15, 0.2) is 45.6 Å². The number of benzene rings is 1. The molecule has 0 saturated heterocycles. The lowest BCUT2D eigenvalue weighted by molar-refractivity contribution is -0.147. The van der Waals surface area contributed by atoms with Gasteiger partial charge in [-0.05, 0) is 55.2 Å². The first-order valence-electron chi connectivity index (χ1n) is 12.8. The Morgan fingerprint density at radius 1 is 0.917 bits per heavy atom. The highest BCUT2D eigenvalue weighted by molar-refractivity contribution is 5.80. The molecule has 7 nitrogen and oxygen atoms in total. The van der Waals surface area contributed by atoms with Crippen LogP contribution in [-0.2, 0) is 9.53 Å². The number of aryl methyl sites for hydroxylation is 1. The predicted octanol–water partition coefficient (Wildman–Crippen LogP) is 6.48. The lowest BCUT2D eigenvalue weighted by atomic mass is 10.0. The highest BCUT2D eigenvalue weighted by Crippen LogP contribution is 2.27. The largest absolute Gasteiger partial charge is 0.497 e. The number of carbonyl (C=O) groups excluding carboxylic acids is 1. The van der Waals surface area contributed by atoms with E-state index in [1.807, 2.05) is 45.0 Å². The Balaban J connectivity index is 1.40. The van der Waals surface area contributed by atoms with Gasteiger partial charge in [-0.15, -0.1) is 0 Å². The summed E-state index contributed by atoms with van der Waals surface area (Å²) in [6.45, 7) is 6.72. The van der Waals surface area contributed by atoms with E-state index in [9.17, 15) is 9.59 Å². The minimum atomic E-state index is -0.432. The van der Waals surface area contributed by atoms with Gasteiger partial charge in [-0.3, -0.25) is 4.79 Å². The maximum Gasteiger partial charge on any atom is 0.345 e. The van der Waals surface area contributed by atoms with E-state index < -0.39 is 5.63 Å². The lowest BCUT2D eigenvalue weighted by Gasteiger charge is -2.09. The number of hydrogen-bond donors (Lipinski definition) is 0. The van der Waals surface area contributed by atoms with Crippen molar-refractivity contribution in [2.24, 2.45) is 5.92 Å². The van der Waals surface area contributed by atoms with Gasteiger partial charge >= 0.3 is 11.6 Å². The molecule has 3 rings (SSSR count). The molecule has 0 aliphatic heterocycles. The van der Waals surface area contributed by atoms with Crippen LogP contribution in [0.4, 0.5) is 0 Å². The van der Waals surface area contributed by atoms with Crippen LogP contribution >= 0.6 is 0 Å². The zero-order chi connectivity index (χ0) is 25.9. The number of fused-ring (bicyclic) bond motifs is 1. The van der Waals surface area contributed by atoms with E-state index in [-0.39, 0.29) is 17.6 Å². The summed E-state index contributed by atoms with van der Waals surface area (Å²) in [6.07, 6.45) is 7.46. The molecule has 0 saturated carbocycles. The van der Waals surface area contributed by atoms with Crippen LogP contribution in [0.5, 0.6) is 11.6 Å². The number of unbranched alkanes of at least 4 members (excludes halogenated alkanes) is 6. The molecule has 2 aromatic heterocycles. The number of rotatable bonds is 14. The van der Waals surface area contributed by atoms with Crippen LogP contribution in [0, 0.1) is 12.8 Å². The molecule has 0 spiro atoms. The molecule has 0 fully saturated rings. The molecule has 0 unspecified atom stereocenters. The summed E-state index contributed by atoms with van der Waals surface area (Å²) in [5, 5.41) is 0.742. The topological polar surface area (TPSA) is 87.9 Å². The van der Waals surface area contributed by atoms with Crippen molar-refractivity contribution < 1.29 is 23.4 Å². The summed E-state index contributed by atoms with van der Waals surface area (Å²) in [5.74, 6) is 1.02.